The summed E-state index contributed by atoms with van der Waals surface area (Å²) in [6, 6.07) is 0. The van der Waals surface area contributed by atoms with Crippen LogP contribution in [-0.4, -0.2) is 28.4 Å². The van der Waals surface area contributed by atoms with Gasteiger partial charge in [0.1, 0.15) is 0 Å². The zero-order chi connectivity index (χ0) is 7.28. The molecule has 0 aliphatic heterocycles. The van der Waals surface area contributed by atoms with E-state index in [-0.39, 0.29) is 6.61 Å². The average Bonchev–Trinajstić information content (AvgIpc) is 1.82. The molecule has 0 aromatic heterocycles. The lowest BCUT2D eigenvalue weighted by atomic mass is 10.5. The second kappa shape index (κ2) is 4.52. The molecule has 0 rings (SSSR count). The van der Waals surface area contributed by atoms with E-state index in [2.05, 4.69) is 0 Å². The van der Waals surface area contributed by atoms with E-state index in [1.807, 2.05) is 0 Å². The van der Waals surface area contributed by atoms with Gasteiger partial charge in [-0.3, -0.25) is 9.59 Å². The molecule has 52 valence electrons. The van der Waals surface area contributed by atoms with E-state index in [4.69, 9.17) is 5.11 Å². The zero-order valence-electron chi connectivity index (χ0n) is 5.09. The lowest BCUT2D eigenvalue weighted by molar-refractivity contribution is -0.130. The van der Waals surface area contributed by atoms with E-state index in [9.17, 15) is 9.59 Å². The molecule has 0 atom stereocenters. The second-order valence-electron chi connectivity index (χ2n) is 1.42. The molecule has 9 heavy (non-hydrogen) atoms. The third-order valence-electron chi connectivity index (χ3n) is 0.612. The number of rotatable bonds is 3. The van der Waals surface area contributed by atoms with Crippen LogP contribution in [0.3, 0.4) is 0 Å². The van der Waals surface area contributed by atoms with Gasteiger partial charge in [0.15, 0.2) is 0 Å². The highest BCUT2D eigenvalue weighted by atomic mass is 32.2. The van der Waals surface area contributed by atoms with Crippen LogP contribution in [-0.2, 0) is 9.59 Å². The number of ketones is 1. The number of hydrogen-bond donors (Lipinski definition) is 1. The van der Waals surface area contributed by atoms with Crippen LogP contribution in [0.25, 0.3) is 0 Å². The summed E-state index contributed by atoms with van der Waals surface area (Å²) in [5.41, 5.74) is 0. The van der Waals surface area contributed by atoms with Crippen molar-refractivity contribution in [2.24, 2.45) is 0 Å². The first-order chi connectivity index (χ1) is 4.18. The van der Waals surface area contributed by atoms with Crippen molar-refractivity contribution in [3.63, 3.8) is 0 Å². The van der Waals surface area contributed by atoms with Crippen LogP contribution >= 0.6 is 11.8 Å². The molecule has 0 spiro atoms. The van der Waals surface area contributed by atoms with Gasteiger partial charge >= 0.3 is 0 Å². The molecule has 0 aromatic carbocycles. The SMILES string of the molecule is CC(=O)C(=O)SCCO. The van der Waals surface area contributed by atoms with E-state index in [0.717, 1.165) is 11.8 Å². The fourth-order valence-corrected chi connectivity index (χ4v) is 0.720. The van der Waals surface area contributed by atoms with E-state index in [1.165, 1.54) is 6.92 Å². The van der Waals surface area contributed by atoms with Gasteiger partial charge in [0.2, 0.25) is 5.78 Å². The first-order valence-corrected chi connectivity index (χ1v) is 3.45. The lowest BCUT2D eigenvalue weighted by Gasteiger charge is -1.90. The number of thioether (sulfide) groups is 1. The Labute approximate surface area is 57.4 Å². The van der Waals surface area contributed by atoms with E-state index in [1.54, 1.807) is 0 Å². The average molecular weight is 148 g/mol. The molecule has 0 aliphatic rings. The summed E-state index contributed by atoms with van der Waals surface area (Å²) in [5, 5.41) is 7.73. The van der Waals surface area contributed by atoms with Gasteiger partial charge < -0.3 is 5.11 Å². The van der Waals surface area contributed by atoms with Crippen molar-refractivity contribution in [1.82, 2.24) is 0 Å². The fraction of sp³-hybridized carbons (Fsp3) is 0.600. The molecular weight excluding hydrogens is 140 g/mol. The Morgan fingerprint density at radius 1 is 1.56 bits per heavy atom. The summed E-state index contributed by atoms with van der Waals surface area (Å²) in [4.78, 5) is 20.6. The van der Waals surface area contributed by atoms with Crippen LogP contribution in [0, 0.1) is 0 Å². The van der Waals surface area contributed by atoms with Crippen molar-refractivity contribution in [2.75, 3.05) is 12.4 Å². The van der Waals surface area contributed by atoms with Gasteiger partial charge in [-0.1, -0.05) is 11.8 Å². The van der Waals surface area contributed by atoms with Crippen LogP contribution in [0.15, 0.2) is 0 Å². The Kier molecular flexibility index (Phi) is 4.35. The maximum absolute atomic E-state index is 10.4. The number of hydrogen-bond acceptors (Lipinski definition) is 4. The molecule has 0 saturated heterocycles. The molecule has 0 fully saturated rings. The smallest absolute Gasteiger partial charge is 0.254 e. The quantitative estimate of drug-likeness (QED) is 0.564. The highest BCUT2D eigenvalue weighted by Crippen LogP contribution is 2.00. The van der Waals surface area contributed by atoms with E-state index >= 15 is 0 Å². The summed E-state index contributed by atoms with van der Waals surface area (Å²) in [6.07, 6.45) is 0. The van der Waals surface area contributed by atoms with Crippen molar-refractivity contribution in [3.8, 4) is 0 Å². The highest BCUT2D eigenvalue weighted by molar-refractivity contribution is 8.15. The second-order valence-corrected chi connectivity index (χ2v) is 2.48. The summed E-state index contributed by atoms with van der Waals surface area (Å²) in [7, 11) is 0. The molecule has 0 aromatic rings. The molecule has 0 aliphatic carbocycles. The summed E-state index contributed by atoms with van der Waals surface area (Å²) in [6.45, 7) is 1.15. The van der Waals surface area contributed by atoms with Gasteiger partial charge in [-0.25, -0.2) is 0 Å². The monoisotopic (exact) mass is 148 g/mol. The molecule has 0 unspecified atom stereocenters. The molecular formula is C5H8O3S. The van der Waals surface area contributed by atoms with Crippen molar-refractivity contribution in [1.29, 1.82) is 0 Å². The van der Waals surface area contributed by atoms with Gasteiger partial charge in [-0.2, -0.15) is 0 Å². The minimum absolute atomic E-state index is 0.0658. The zero-order valence-corrected chi connectivity index (χ0v) is 5.90. The van der Waals surface area contributed by atoms with E-state index in [0.29, 0.717) is 5.75 Å². The largest absolute Gasteiger partial charge is 0.396 e. The third-order valence-corrected chi connectivity index (χ3v) is 1.55. The third kappa shape index (κ3) is 4.17. The number of aliphatic hydroxyl groups excluding tert-OH is 1. The molecule has 4 heteroatoms. The maximum atomic E-state index is 10.4. The molecule has 1 N–H and O–H groups in total. The number of carbonyl (C=O) groups excluding carboxylic acids is 2. The van der Waals surface area contributed by atoms with Gasteiger partial charge in [0.25, 0.3) is 5.12 Å². The predicted octanol–water partition coefficient (Wildman–Crippen LogP) is -0.173. The van der Waals surface area contributed by atoms with Crippen LogP contribution < -0.4 is 0 Å². The molecule has 0 radical (unpaired) electrons. The predicted molar refractivity (Wildman–Crippen MR) is 35.2 cm³/mol. The Hall–Kier alpha value is -0.350. The number of aliphatic hydroxyl groups is 1. The Morgan fingerprint density at radius 2 is 2.11 bits per heavy atom. The van der Waals surface area contributed by atoms with Crippen LogP contribution in [0.4, 0.5) is 0 Å². The number of Topliss-reactive ketones (excluding diaryl/α,β-unsaturated/α-hetero) is 1. The highest BCUT2D eigenvalue weighted by Gasteiger charge is 2.05. The minimum atomic E-state index is -0.482. The molecule has 0 bridgehead atoms. The molecule has 0 amide bonds. The molecule has 0 saturated carbocycles. The normalized spacial score (nSPS) is 9.11. The van der Waals surface area contributed by atoms with Crippen molar-refractivity contribution >= 4 is 22.7 Å². The van der Waals surface area contributed by atoms with Crippen LogP contribution in [0.1, 0.15) is 6.92 Å². The Bertz CT molecular complexity index is 121. The standard InChI is InChI=1S/C5H8O3S/c1-4(7)5(8)9-3-2-6/h6H,2-3H2,1H3. The first-order valence-electron chi connectivity index (χ1n) is 2.47. The van der Waals surface area contributed by atoms with E-state index < -0.39 is 10.9 Å². The maximum Gasteiger partial charge on any atom is 0.254 e. The lowest BCUT2D eigenvalue weighted by Crippen LogP contribution is -2.05. The van der Waals surface area contributed by atoms with Gasteiger partial charge in [0, 0.05) is 12.7 Å². The van der Waals surface area contributed by atoms with Crippen molar-refractivity contribution in [2.45, 2.75) is 6.92 Å². The topological polar surface area (TPSA) is 54.4 Å². The van der Waals surface area contributed by atoms with Crippen molar-refractivity contribution < 1.29 is 14.7 Å². The van der Waals surface area contributed by atoms with Crippen LogP contribution in [0.2, 0.25) is 0 Å². The first kappa shape index (κ1) is 8.65. The van der Waals surface area contributed by atoms with Crippen LogP contribution in [0.5, 0.6) is 0 Å². The summed E-state index contributed by atoms with van der Waals surface area (Å²) < 4.78 is 0. The minimum Gasteiger partial charge on any atom is -0.396 e. The summed E-state index contributed by atoms with van der Waals surface area (Å²) in [5.74, 6) is -0.160. The van der Waals surface area contributed by atoms with Gasteiger partial charge in [-0.05, 0) is 0 Å². The Morgan fingerprint density at radius 3 is 2.44 bits per heavy atom. The van der Waals surface area contributed by atoms with Crippen molar-refractivity contribution in [3.05, 3.63) is 0 Å². The fourth-order valence-electron chi connectivity index (χ4n) is 0.240. The number of carbonyl (C=O) groups is 2. The van der Waals surface area contributed by atoms with Gasteiger partial charge in [-0.15, -0.1) is 0 Å². The molecule has 3 nitrogen and oxygen atoms in total. The summed E-state index contributed by atoms with van der Waals surface area (Å²) >= 11 is 0.846. The van der Waals surface area contributed by atoms with Gasteiger partial charge in [0.05, 0.1) is 6.61 Å². The molecule has 0 heterocycles. The Balaban J connectivity index is 3.39.